The first kappa shape index (κ1) is 11.9. The summed E-state index contributed by atoms with van der Waals surface area (Å²) in [6, 6.07) is 6.16. The molecule has 2 bridgehead atoms. The number of carbonyl (C=O) groups excluding carboxylic acids is 1. The number of rotatable bonds is 3. The van der Waals surface area contributed by atoms with Crippen molar-refractivity contribution < 1.29 is 9.72 Å². The van der Waals surface area contributed by atoms with Gasteiger partial charge in [-0.05, 0) is 49.0 Å². The molecule has 4 rings (SSSR count). The molecular weight excluding hydrogens is 256 g/mol. The number of carbonyl (C=O) groups is 1. The van der Waals surface area contributed by atoms with Gasteiger partial charge in [-0.15, -0.1) is 0 Å². The van der Waals surface area contributed by atoms with E-state index in [0.29, 0.717) is 17.5 Å². The summed E-state index contributed by atoms with van der Waals surface area (Å²) in [6.07, 6.45) is 3.88. The molecule has 1 N–H and O–H groups in total. The molecule has 1 amide bonds. The fraction of sp³-hybridized carbons (Fsp3) is 0.533. The monoisotopic (exact) mass is 272 g/mol. The van der Waals surface area contributed by atoms with Crippen LogP contribution in [-0.2, 0) is 4.79 Å². The van der Waals surface area contributed by atoms with Gasteiger partial charge in [0.1, 0.15) is 0 Å². The second kappa shape index (κ2) is 4.04. The molecule has 0 radical (unpaired) electrons. The van der Waals surface area contributed by atoms with Gasteiger partial charge in [-0.1, -0.05) is 6.07 Å². The molecule has 0 aliphatic heterocycles. The topological polar surface area (TPSA) is 72.2 Å². The Morgan fingerprint density at radius 1 is 1.25 bits per heavy atom. The molecule has 0 spiro atoms. The quantitative estimate of drug-likeness (QED) is 0.679. The average Bonchev–Trinajstić information content (AvgIpc) is 2.88. The van der Waals surface area contributed by atoms with Crippen LogP contribution in [0.1, 0.15) is 19.3 Å². The smallest absolute Gasteiger partial charge is 0.271 e. The van der Waals surface area contributed by atoms with Gasteiger partial charge in [0.15, 0.2) is 0 Å². The first-order valence-corrected chi connectivity index (χ1v) is 7.20. The summed E-state index contributed by atoms with van der Waals surface area (Å²) in [5, 5.41) is 13.6. The third-order valence-corrected chi connectivity index (χ3v) is 5.36. The summed E-state index contributed by atoms with van der Waals surface area (Å²) in [4.78, 5) is 22.6. The van der Waals surface area contributed by atoms with Crippen molar-refractivity contribution >= 4 is 17.3 Å². The average molecular weight is 272 g/mol. The highest BCUT2D eigenvalue weighted by atomic mass is 16.6. The Morgan fingerprint density at radius 3 is 2.60 bits per heavy atom. The van der Waals surface area contributed by atoms with E-state index in [4.69, 9.17) is 0 Å². The lowest BCUT2D eigenvalue weighted by molar-refractivity contribution is -0.384. The third kappa shape index (κ3) is 1.65. The number of anilines is 1. The van der Waals surface area contributed by atoms with Gasteiger partial charge in [0.05, 0.1) is 4.92 Å². The zero-order chi connectivity index (χ0) is 13.9. The SMILES string of the molecule is O=C(Nc1cccc([N+](=O)[O-])c1)C1[C@@H]2[C@H]3CC[C@H](C3)[C@H]12. The van der Waals surface area contributed by atoms with Crippen molar-refractivity contribution in [3.05, 3.63) is 34.4 Å². The summed E-state index contributed by atoms with van der Waals surface area (Å²) < 4.78 is 0. The fourth-order valence-electron chi connectivity index (χ4n) is 4.60. The fourth-order valence-corrected chi connectivity index (χ4v) is 4.60. The van der Waals surface area contributed by atoms with E-state index in [0.717, 1.165) is 11.8 Å². The molecule has 0 saturated heterocycles. The molecule has 104 valence electrons. The molecule has 5 atom stereocenters. The van der Waals surface area contributed by atoms with Crippen LogP contribution in [0.25, 0.3) is 0 Å². The van der Waals surface area contributed by atoms with Gasteiger partial charge in [-0.2, -0.15) is 0 Å². The van der Waals surface area contributed by atoms with E-state index < -0.39 is 4.92 Å². The number of hydrogen-bond donors (Lipinski definition) is 1. The van der Waals surface area contributed by atoms with Crippen LogP contribution in [-0.4, -0.2) is 10.8 Å². The zero-order valence-corrected chi connectivity index (χ0v) is 11.0. The normalized spacial score (nSPS) is 36.5. The van der Waals surface area contributed by atoms with E-state index in [1.165, 1.54) is 31.4 Å². The Hall–Kier alpha value is -1.91. The van der Waals surface area contributed by atoms with E-state index >= 15 is 0 Å². The maximum atomic E-state index is 12.3. The van der Waals surface area contributed by atoms with Crippen molar-refractivity contribution in [2.24, 2.45) is 29.6 Å². The summed E-state index contributed by atoms with van der Waals surface area (Å²) >= 11 is 0. The standard InChI is InChI=1S/C15H16N2O3/c18-15(14-12-8-4-5-9(6-8)13(12)14)16-10-2-1-3-11(7-10)17(19)20/h1-3,7-9,12-14H,4-6H2,(H,16,18)/t8-,9+,12+,13-,14?. The minimum Gasteiger partial charge on any atom is -0.326 e. The van der Waals surface area contributed by atoms with Crippen LogP contribution in [0, 0.1) is 39.7 Å². The number of nitro groups is 1. The molecule has 3 saturated carbocycles. The van der Waals surface area contributed by atoms with Crippen LogP contribution in [0.5, 0.6) is 0 Å². The van der Waals surface area contributed by atoms with E-state index in [-0.39, 0.29) is 17.5 Å². The van der Waals surface area contributed by atoms with Crippen molar-refractivity contribution in [1.29, 1.82) is 0 Å². The molecule has 20 heavy (non-hydrogen) atoms. The summed E-state index contributed by atoms with van der Waals surface area (Å²) in [7, 11) is 0. The highest BCUT2D eigenvalue weighted by Gasteiger charge is 2.67. The predicted molar refractivity (Wildman–Crippen MR) is 73.0 cm³/mol. The Labute approximate surface area is 116 Å². The van der Waals surface area contributed by atoms with Gasteiger partial charge in [0.25, 0.3) is 5.69 Å². The first-order valence-electron chi connectivity index (χ1n) is 7.20. The van der Waals surface area contributed by atoms with Crippen LogP contribution in [0.2, 0.25) is 0 Å². The number of fused-ring (bicyclic) bond motifs is 5. The van der Waals surface area contributed by atoms with Crippen LogP contribution in [0.4, 0.5) is 11.4 Å². The third-order valence-electron chi connectivity index (χ3n) is 5.36. The minimum atomic E-state index is -0.443. The molecule has 3 aliphatic carbocycles. The van der Waals surface area contributed by atoms with Gasteiger partial charge >= 0.3 is 0 Å². The second-order valence-electron chi connectivity index (χ2n) is 6.31. The molecule has 0 heterocycles. The molecular formula is C15H16N2O3. The first-order chi connectivity index (χ1) is 9.65. The largest absolute Gasteiger partial charge is 0.326 e. The number of nitro benzene ring substituents is 1. The van der Waals surface area contributed by atoms with Crippen molar-refractivity contribution in [2.45, 2.75) is 19.3 Å². The lowest BCUT2D eigenvalue weighted by Crippen LogP contribution is -2.18. The summed E-state index contributed by atoms with van der Waals surface area (Å²) in [5.74, 6) is 2.90. The van der Waals surface area contributed by atoms with Crippen molar-refractivity contribution in [3.63, 3.8) is 0 Å². The predicted octanol–water partition coefficient (Wildman–Crippen LogP) is 2.83. The van der Waals surface area contributed by atoms with E-state index in [9.17, 15) is 14.9 Å². The van der Waals surface area contributed by atoms with Gasteiger partial charge in [-0.25, -0.2) is 0 Å². The van der Waals surface area contributed by atoms with Crippen LogP contribution in [0.15, 0.2) is 24.3 Å². The Kier molecular flexibility index (Phi) is 2.40. The molecule has 3 fully saturated rings. The van der Waals surface area contributed by atoms with Crippen LogP contribution < -0.4 is 5.32 Å². The van der Waals surface area contributed by atoms with E-state index in [2.05, 4.69) is 5.32 Å². The molecule has 5 heteroatoms. The highest BCUT2D eigenvalue weighted by Crippen LogP contribution is 2.69. The number of nitrogens with zero attached hydrogens (tertiary/aromatic N) is 1. The molecule has 3 aliphatic rings. The maximum Gasteiger partial charge on any atom is 0.271 e. The zero-order valence-electron chi connectivity index (χ0n) is 11.0. The molecule has 0 aromatic heterocycles. The van der Waals surface area contributed by atoms with Crippen molar-refractivity contribution in [2.75, 3.05) is 5.32 Å². The van der Waals surface area contributed by atoms with Gasteiger partial charge in [0.2, 0.25) is 5.91 Å². The van der Waals surface area contributed by atoms with Crippen molar-refractivity contribution in [3.8, 4) is 0 Å². The lowest BCUT2D eigenvalue weighted by atomic mass is 10.0. The Morgan fingerprint density at radius 2 is 1.95 bits per heavy atom. The number of benzene rings is 1. The summed E-state index contributed by atoms with van der Waals surface area (Å²) in [6.45, 7) is 0. The van der Waals surface area contributed by atoms with Gasteiger partial charge in [-0.3, -0.25) is 14.9 Å². The van der Waals surface area contributed by atoms with Gasteiger partial charge < -0.3 is 5.32 Å². The summed E-state index contributed by atoms with van der Waals surface area (Å²) in [5.41, 5.74) is 0.542. The molecule has 1 aromatic rings. The number of amides is 1. The van der Waals surface area contributed by atoms with E-state index in [1.807, 2.05) is 0 Å². The van der Waals surface area contributed by atoms with E-state index in [1.54, 1.807) is 12.1 Å². The number of nitrogens with one attached hydrogen (secondary N) is 1. The second-order valence-corrected chi connectivity index (χ2v) is 6.31. The van der Waals surface area contributed by atoms with Crippen molar-refractivity contribution in [1.82, 2.24) is 0 Å². The highest BCUT2D eigenvalue weighted by molar-refractivity contribution is 5.95. The number of hydrogen-bond acceptors (Lipinski definition) is 3. The van der Waals surface area contributed by atoms with Crippen LogP contribution in [0.3, 0.4) is 0 Å². The molecule has 5 nitrogen and oxygen atoms in total. The maximum absolute atomic E-state index is 12.3. The minimum absolute atomic E-state index is 0.0128. The molecule has 1 aromatic carbocycles. The lowest BCUT2D eigenvalue weighted by Gasteiger charge is -2.09. The number of non-ortho nitro benzene ring substituents is 1. The van der Waals surface area contributed by atoms with Crippen LogP contribution >= 0.6 is 0 Å². The Balaban J connectivity index is 1.46. The van der Waals surface area contributed by atoms with Gasteiger partial charge in [0, 0.05) is 23.7 Å². The molecule has 1 unspecified atom stereocenters. The Bertz CT molecular complexity index is 585.